The zero-order valence-corrected chi connectivity index (χ0v) is 27.4. The number of esters is 1. The van der Waals surface area contributed by atoms with Gasteiger partial charge in [0.25, 0.3) is 0 Å². The van der Waals surface area contributed by atoms with Crippen molar-refractivity contribution in [2.45, 2.75) is 51.0 Å². The van der Waals surface area contributed by atoms with E-state index in [2.05, 4.69) is 137 Å². The van der Waals surface area contributed by atoms with Crippen LogP contribution in [0.1, 0.15) is 64.9 Å². The third-order valence-electron chi connectivity index (χ3n) is 8.72. The van der Waals surface area contributed by atoms with Gasteiger partial charge in [-0.2, -0.15) is 0 Å². The Bertz CT molecular complexity index is 1620. The molecule has 1 aromatic heterocycles. The minimum atomic E-state index is -0.601. The van der Waals surface area contributed by atoms with Crippen LogP contribution in [-0.4, -0.2) is 28.7 Å². The Morgan fingerprint density at radius 1 is 0.909 bits per heavy atom. The number of ether oxygens (including phenoxy) is 2. The number of halogens is 1. The van der Waals surface area contributed by atoms with Crippen LogP contribution in [0.25, 0.3) is 0 Å². The first kappa shape index (κ1) is 30.1. The van der Waals surface area contributed by atoms with Crippen molar-refractivity contribution >= 4 is 28.6 Å². The van der Waals surface area contributed by atoms with E-state index in [-0.39, 0.29) is 11.9 Å². The van der Waals surface area contributed by atoms with Crippen LogP contribution in [-0.2, 0) is 27.9 Å². The largest absolute Gasteiger partial charge is 0.493 e. The lowest BCUT2D eigenvalue weighted by atomic mass is 9.76. The maximum Gasteiger partial charge on any atom is 0.306 e. The van der Waals surface area contributed by atoms with Crippen molar-refractivity contribution in [2.75, 3.05) is 13.2 Å². The molecule has 1 atom stereocenters. The standard InChI is InChI=1S/C38H37IN2O3/c1-3-43-36(42)26-29-20-19-28-25-33(21-22-34(28)29)44-24-23-35-27(2)41(37(39)40-35)38(30-13-7-4-8-14-30,31-15-9-5-10-16-31)32-17-11-6-12-18-32/h4-18,21-22,25,29H,3,19-20,23-24,26H2,1-2H3/t29-/m0/s1. The molecule has 224 valence electrons. The molecule has 0 aliphatic heterocycles. The summed E-state index contributed by atoms with van der Waals surface area (Å²) in [5, 5.41) is 0. The lowest BCUT2D eigenvalue weighted by Crippen LogP contribution is -2.39. The molecular formula is C38H37IN2O3. The van der Waals surface area contributed by atoms with Crippen LogP contribution in [0.4, 0.5) is 0 Å². The second-order valence-corrected chi connectivity index (χ2v) is 12.2. The number of rotatable bonds is 11. The number of nitrogens with zero attached hydrogens (tertiary/aromatic N) is 2. The summed E-state index contributed by atoms with van der Waals surface area (Å²) in [4.78, 5) is 17.2. The topological polar surface area (TPSA) is 53.4 Å². The van der Waals surface area contributed by atoms with Gasteiger partial charge in [0.05, 0.1) is 25.3 Å². The predicted molar refractivity (Wildman–Crippen MR) is 182 cm³/mol. The van der Waals surface area contributed by atoms with E-state index < -0.39 is 5.54 Å². The Morgan fingerprint density at radius 2 is 1.50 bits per heavy atom. The number of carbonyl (C=O) groups is 1. The van der Waals surface area contributed by atoms with Crippen LogP contribution in [0.15, 0.2) is 109 Å². The molecule has 0 unspecified atom stereocenters. The van der Waals surface area contributed by atoms with E-state index in [0.29, 0.717) is 26.1 Å². The normalized spacial score (nSPS) is 14.3. The van der Waals surface area contributed by atoms with Crippen LogP contribution in [0, 0.1) is 10.8 Å². The van der Waals surface area contributed by atoms with Crippen molar-refractivity contribution in [2.24, 2.45) is 0 Å². The summed E-state index contributed by atoms with van der Waals surface area (Å²) < 4.78 is 14.8. The van der Waals surface area contributed by atoms with Crippen LogP contribution in [0.5, 0.6) is 5.75 Å². The lowest BCUT2D eigenvalue weighted by molar-refractivity contribution is -0.143. The zero-order valence-electron chi connectivity index (χ0n) is 25.2. The average Bonchev–Trinajstić information content (AvgIpc) is 3.58. The number of hydrogen-bond donors (Lipinski definition) is 0. The van der Waals surface area contributed by atoms with Crippen LogP contribution in [0.2, 0.25) is 0 Å². The number of carbonyl (C=O) groups excluding carboxylic acids is 1. The van der Waals surface area contributed by atoms with Crippen molar-refractivity contribution in [1.82, 2.24) is 9.55 Å². The zero-order chi connectivity index (χ0) is 30.5. The quantitative estimate of drug-likeness (QED) is 0.0794. The Balaban J connectivity index is 1.29. The van der Waals surface area contributed by atoms with Gasteiger partial charge in [-0.25, -0.2) is 4.98 Å². The van der Waals surface area contributed by atoms with Gasteiger partial charge in [0.15, 0.2) is 3.83 Å². The first-order valence-electron chi connectivity index (χ1n) is 15.3. The number of imidazole rings is 1. The molecule has 0 amide bonds. The lowest BCUT2D eigenvalue weighted by Gasteiger charge is -2.39. The third-order valence-corrected chi connectivity index (χ3v) is 9.44. The Hall–Kier alpha value is -3.91. The molecule has 6 heteroatoms. The molecule has 6 rings (SSSR count). The van der Waals surface area contributed by atoms with E-state index in [9.17, 15) is 4.79 Å². The van der Waals surface area contributed by atoms with Crippen molar-refractivity contribution < 1.29 is 14.3 Å². The van der Waals surface area contributed by atoms with Gasteiger partial charge in [0.2, 0.25) is 0 Å². The summed E-state index contributed by atoms with van der Waals surface area (Å²) in [6.45, 7) is 4.97. The van der Waals surface area contributed by atoms with Gasteiger partial charge in [-0.1, -0.05) is 97.1 Å². The molecule has 1 heterocycles. The molecule has 1 aliphatic rings. The van der Waals surface area contributed by atoms with Gasteiger partial charge in [0, 0.05) is 12.1 Å². The van der Waals surface area contributed by atoms with Gasteiger partial charge in [-0.05, 0) is 95.1 Å². The molecule has 0 radical (unpaired) electrons. The van der Waals surface area contributed by atoms with Gasteiger partial charge in [-0.3, -0.25) is 4.79 Å². The van der Waals surface area contributed by atoms with E-state index in [1.165, 1.54) is 27.8 Å². The van der Waals surface area contributed by atoms with Crippen molar-refractivity contribution in [3.63, 3.8) is 0 Å². The monoisotopic (exact) mass is 696 g/mol. The number of hydrogen-bond acceptors (Lipinski definition) is 4. The minimum absolute atomic E-state index is 0.120. The molecular weight excluding hydrogens is 659 g/mol. The van der Waals surface area contributed by atoms with Gasteiger partial charge in [-0.15, -0.1) is 0 Å². The van der Waals surface area contributed by atoms with E-state index >= 15 is 0 Å². The molecule has 0 bridgehead atoms. The second kappa shape index (κ2) is 13.4. The predicted octanol–water partition coefficient (Wildman–Crippen LogP) is 8.24. The molecule has 0 N–H and O–H groups in total. The van der Waals surface area contributed by atoms with Crippen LogP contribution in [0.3, 0.4) is 0 Å². The Labute approximate surface area is 273 Å². The van der Waals surface area contributed by atoms with E-state index in [1.807, 2.05) is 13.0 Å². The maximum atomic E-state index is 12.1. The molecule has 0 fully saturated rings. The van der Waals surface area contributed by atoms with E-state index in [0.717, 1.165) is 33.8 Å². The molecule has 4 aromatic carbocycles. The summed E-state index contributed by atoms with van der Waals surface area (Å²) in [5.74, 6) is 0.969. The smallest absolute Gasteiger partial charge is 0.306 e. The number of aromatic nitrogens is 2. The number of fused-ring (bicyclic) bond motifs is 1. The highest BCUT2D eigenvalue weighted by Gasteiger charge is 2.41. The highest BCUT2D eigenvalue weighted by molar-refractivity contribution is 14.1. The first-order chi connectivity index (χ1) is 21.5. The number of benzene rings is 4. The fraction of sp³-hybridized carbons (Fsp3) is 0.263. The summed E-state index contributed by atoms with van der Waals surface area (Å²) in [7, 11) is 0. The molecule has 1 aliphatic carbocycles. The highest BCUT2D eigenvalue weighted by atomic mass is 127. The molecule has 44 heavy (non-hydrogen) atoms. The molecule has 0 saturated carbocycles. The third kappa shape index (κ3) is 5.80. The summed E-state index contributed by atoms with van der Waals surface area (Å²) >= 11 is 2.39. The van der Waals surface area contributed by atoms with Crippen LogP contribution >= 0.6 is 22.6 Å². The van der Waals surface area contributed by atoms with Crippen molar-refractivity contribution in [3.8, 4) is 5.75 Å². The van der Waals surface area contributed by atoms with Crippen molar-refractivity contribution in [3.05, 3.63) is 152 Å². The first-order valence-corrected chi connectivity index (χ1v) is 16.4. The molecule has 5 aromatic rings. The Morgan fingerprint density at radius 3 is 2.07 bits per heavy atom. The van der Waals surface area contributed by atoms with E-state index in [4.69, 9.17) is 14.5 Å². The fourth-order valence-electron chi connectivity index (χ4n) is 6.73. The second-order valence-electron chi connectivity index (χ2n) is 11.3. The summed E-state index contributed by atoms with van der Waals surface area (Å²) in [5.41, 5.74) is 7.59. The molecule has 5 nitrogen and oxygen atoms in total. The van der Waals surface area contributed by atoms with Gasteiger partial charge < -0.3 is 14.0 Å². The van der Waals surface area contributed by atoms with Crippen LogP contribution < -0.4 is 4.74 Å². The Kier molecular flexibility index (Phi) is 9.17. The summed E-state index contributed by atoms with van der Waals surface area (Å²) in [6.07, 6.45) is 3.06. The van der Waals surface area contributed by atoms with Gasteiger partial charge >= 0.3 is 5.97 Å². The summed E-state index contributed by atoms with van der Waals surface area (Å²) in [6, 6.07) is 38.4. The highest BCUT2D eigenvalue weighted by Crippen LogP contribution is 2.43. The average molecular weight is 697 g/mol. The van der Waals surface area contributed by atoms with Gasteiger partial charge in [0.1, 0.15) is 11.3 Å². The van der Waals surface area contributed by atoms with E-state index in [1.54, 1.807) is 0 Å². The maximum absolute atomic E-state index is 12.1. The molecule has 0 saturated heterocycles. The minimum Gasteiger partial charge on any atom is -0.493 e. The fourth-order valence-corrected chi connectivity index (χ4v) is 7.75. The number of aryl methyl sites for hydroxylation is 1. The molecule has 0 spiro atoms. The van der Waals surface area contributed by atoms with Crippen molar-refractivity contribution in [1.29, 1.82) is 0 Å². The SMILES string of the molecule is CCOC(=O)C[C@@H]1CCc2cc(OCCc3nc(I)n(C(c4ccccc4)(c4ccccc4)c4ccccc4)c3C)ccc21.